The summed E-state index contributed by atoms with van der Waals surface area (Å²) in [5, 5.41) is 1.31. The number of rotatable bonds is 2. The van der Waals surface area contributed by atoms with E-state index in [9.17, 15) is 0 Å². The molecule has 2 nitrogen and oxygen atoms in total. The monoisotopic (exact) mass is 188 g/mol. The molecular weight excluding hydrogens is 172 g/mol. The fourth-order valence-electron chi connectivity index (χ4n) is 1.88. The van der Waals surface area contributed by atoms with Crippen LogP contribution in [0, 0.1) is 6.92 Å². The number of aromatic amines is 1. The van der Waals surface area contributed by atoms with E-state index in [4.69, 9.17) is 5.73 Å². The van der Waals surface area contributed by atoms with Crippen LogP contribution in [0.25, 0.3) is 10.9 Å². The zero-order valence-electron chi connectivity index (χ0n) is 8.67. The van der Waals surface area contributed by atoms with Gasteiger partial charge in [-0.25, -0.2) is 0 Å². The van der Waals surface area contributed by atoms with Crippen molar-refractivity contribution >= 4 is 10.9 Å². The molecule has 2 heteroatoms. The minimum atomic E-state index is 0.217. The van der Waals surface area contributed by atoms with E-state index < -0.39 is 0 Å². The first-order valence-corrected chi connectivity index (χ1v) is 4.99. The molecule has 0 fully saturated rings. The normalized spacial score (nSPS) is 13.4. The minimum Gasteiger partial charge on any atom is -0.361 e. The Kier molecular flexibility index (Phi) is 2.30. The molecule has 2 aromatic rings. The Balaban J connectivity index is 2.52. The number of benzene rings is 1. The maximum atomic E-state index is 5.80. The van der Waals surface area contributed by atoms with Gasteiger partial charge in [0.05, 0.1) is 0 Å². The van der Waals surface area contributed by atoms with Gasteiger partial charge in [0, 0.05) is 23.1 Å². The number of nitrogens with two attached hydrogens (primary N) is 1. The topological polar surface area (TPSA) is 41.8 Å². The smallest absolute Gasteiger partial charge is 0.0486 e. The van der Waals surface area contributed by atoms with Gasteiger partial charge in [-0.3, -0.25) is 0 Å². The van der Waals surface area contributed by atoms with Crippen LogP contribution in [0.5, 0.6) is 0 Å². The van der Waals surface area contributed by atoms with Gasteiger partial charge in [-0.1, -0.05) is 18.2 Å². The number of para-hydroxylation sites is 1. The Morgan fingerprint density at radius 1 is 1.43 bits per heavy atom. The van der Waals surface area contributed by atoms with Gasteiger partial charge in [0.1, 0.15) is 0 Å². The standard InChI is InChI=1S/C12H16N2/c1-8-4-3-5-11-10(6-9(2)13)7-14-12(8)11/h3-5,7,9,14H,6,13H2,1-2H3/t9-/m0/s1. The quantitative estimate of drug-likeness (QED) is 0.746. The van der Waals surface area contributed by atoms with Gasteiger partial charge in [-0.2, -0.15) is 0 Å². The van der Waals surface area contributed by atoms with E-state index in [0.29, 0.717) is 0 Å². The second-order valence-electron chi connectivity index (χ2n) is 3.99. The summed E-state index contributed by atoms with van der Waals surface area (Å²) in [6, 6.07) is 6.58. The third-order valence-electron chi connectivity index (χ3n) is 2.55. The maximum absolute atomic E-state index is 5.80. The summed E-state index contributed by atoms with van der Waals surface area (Å²) in [6.45, 7) is 4.16. The molecular formula is C12H16N2. The van der Waals surface area contributed by atoms with Crippen molar-refractivity contribution in [2.45, 2.75) is 26.3 Å². The fourth-order valence-corrected chi connectivity index (χ4v) is 1.88. The van der Waals surface area contributed by atoms with Crippen molar-refractivity contribution in [3.8, 4) is 0 Å². The van der Waals surface area contributed by atoms with E-state index in [0.717, 1.165) is 6.42 Å². The highest BCUT2D eigenvalue weighted by molar-refractivity contribution is 5.85. The average molecular weight is 188 g/mol. The second-order valence-corrected chi connectivity index (χ2v) is 3.99. The van der Waals surface area contributed by atoms with Crippen LogP contribution >= 0.6 is 0 Å². The molecule has 2 rings (SSSR count). The van der Waals surface area contributed by atoms with Crippen LogP contribution in [-0.4, -0.2) is 11.0 Å². The van der Waals surface area contributed by atoms with Crippen LogP contribution < -0.4 is 5.73 Å². The summed E-state index contributed by atoms with van der Waals surface area (Å²) < 4.78 is 0. The zero-order chi connectivity index (χ0) is 10.1. The average Bonchev–Trinajstić information content (AvgIpc) is 2.49. The molecule has 0 spiro atoms. The Morgan fingerprint density at radius 2 is 2.21 bits per heavy atom. The molecule has 0 unspecified atom stereocenters. The Morgan fingerprint density at radius 3 is 2.93 bits per heavy atom. The van der Waals surface area contributed by atoms with Crippen LogP contribution in [-0.2, 0) is 6.42 Å². The van der Waals surface area contributed by atoms with E-state index in [-0.39, 0.29) is 6.04 Å². The van der Waals surface area contributed by atoms with Crippen molar-refractivity contribution < 1.29 is 0 Å². The predicted molar refractivity (Wildman–Crippen MR) is 60.4 cm³/mol. The first-order chi connectivity index (χ1) is 6.68. The number of hydrogen-bond acceptors (Lipinski definition) is 1. The lowest BCUT2D eigenvalue weighted by molar-refractivity contribution is 0.741. The first-order valence-electron chi connectivity index (χ1n) is 4.99. The van der Waals surface area contributed by atoms with Gasteiger partial charge in [0.25, 0.3) is 0 Å². The summed E-state index contributed by atoms with van der Waals surface area (Å²) in [7, 11) is 0. The summed E-state index contributed by atoms with van der Waals surface area (Å²) in [4.78, 5) is 3.31. The van der Waals surface area contributed by atoms with Crippen LogP contribution in [0.3, 0.4) is 0 Å². The van der Waals surface area contributed by atoms with E-state index in [1.807, 2.05) is 6.92 Å². The molecule has 0 aliphatic rings. The van der Waals surface area contributed by atoms with Gasteiger partial charge in [-0.05, 0) is 31.4 Å². The lowest BCUT2D eigenvalue weighted by atomic mass is 10.1. The third-order valence-corrected chi connectivity index (χ3v) is 2.55. The largest absolute Gasteiger partial charge is 0.361 e. The molecule has 1 aromatic carbocycles. The molecule has 0 radical (unpaired) electrons. The van der Waals surface area contributed by atoms with E-state index in [2.05, 4.69) is 36.3 Å². The molecule has 0 amide bonds. The SMILES string of the molecule is Cc1cccc2c(C[C@H](C)N)c[nH]c12. The number of aromatic nitrogens is 1. The number of fused-ring (bicyclic) bond motifs is 1. The Labute approximate surface area is 84.1 Å². The highest BCUT2D eigenvalue weighted by Crippen LogP contribution is 2.21. The second kappa shape index (κ2) is 3.46. The summed E-state index contributed by atoms with van der Waals surface area (Å²) in [5.74, 6) is 0. The summed E-state index contributed by atoms with van der Waals surface area (Å²) in [5.41, 5.74) is 9.65. The highest BCUT2D eigenvalue weighted by atomic mass is 14.7. The fraction of sp³-hybridized carbons (Fsp3) is 0.333. The molecule has 0 saturated heterocycles. The van der Waals surface area contributed by atoms with E-state index >= 15 is 0 Å². The van der Waals surface area contributed by atoms with Crippen molar-refractivity contribution in [2.24, 2.45) is 5.73 Å². The molecule has 0 saturated carbocycles. The van der Waals surface area contributed by atoms with Crippen LogP contribution in [0.4, 0.5) is 0 Å². The lowest BCUT2D eigenvalue weighted by Gasteiger charge is -2.03. The maximum Gasteiger partial charge on any atom is 0.0486 e. The van der Waals surface area contributed by atoms with Gasteiger partial charge < -0.3 is 10.7 Å². The Bertz CT molecular complexity index is 441. The highest BCUT2D eigenvalue weighted by Gasteiger charge is 2.06. The molecule has 1 atom stereocenters. The van der Waals surface area contributed by atoms with Crippen molar-refractivity contribution in [1.82, 2.24) is 4.98 Å². The van der Waals surface area contributed by atoms with Crippen molar-refractivity contribution in [3.63, 3.8) is 0 Å². The van der Waals surface area contributed by atoms with Crippen LogP contribution in [0.2, 0.25) is 0 Å². The molecule has 0 aliphatic heterocycles. The molecule has 0 bridgehead atoms. The van der Waals surface area contributed by atoms with Crippen LogP contribution in [0.15, 0.2) is 24.4 Å². The minimum absolute atomic E-state index is 0.217. The van der Waals surface area contributed by atoms with Gasteiger partial charge >= 0.3 is 0 Å². The van der Waals surface area contributed by atoms with Crippen LogP contribution in [0.1, 0.15) is 18.1 Å². The summed E-state index contributed by atoms with van der Waals surface area (Å²) >= 11 is 0. The number of nitrogens with one attached hydrogen (secondary N) is 1. The van der Waals surface area contributed by atoms with Gasteiger partial charge in [0.15, 0.2) is 0 Å². The number of aryl methyl sites for hydroxylation is 1. The van der Waals surface area contributed by atoms with E-state index in [1.165, 1.54) is 22.0 Å². The van der Waals surface area contributed by atoms with Gasteiger partial charge in [0.2, 0.25) is 0 Å². The number of H-pyrrole nitrogens is 1. The van der Waals surface area contributed by atoms with E-state index in [1.54, 1.807) is 0 Å². The molecule has 14 heavy (non-hydrogen) atoms. The lowest BCUT2D eigenvalue weighted by Crippen LogP contribution is -2.17. The molecule has 3 N–H and O–H groups in total. The molecule has 0 aliphatic carbocycles. The van der Waals surface area contributed by atoms with Crippen molar-refractivity contribution in [1.29, 1.82) is 0 Å². The zero-order valence-corrected chi connectivity index (χ0v) is 8.67. The molecule has 1 heterocycles. The van der Waals surface area contributed by atoms with Crippen molar-refractivity contribution in [2.75, 3.05) is 0 Å². The number of hydrogen-bond donors (Lipinski definition) is 2. The summed E-state index contributed by atoms with van der Waals surface area (Å²) in [6.07, 6.45) is 3.00. The third kappa shape index (κ3) is 1.53. The van der Waals surface area contributed by atoms with Gasteiger partial charge in [-0.15, -0.1) is 0 Å². The Hall–Kier alpha value is -1.28. The molecule has 1 aromatic heterocycles. The van der Waals surface area contributed by atoms with Crippen molar-refractivity contribution in [3.05, 3.63) is 35.5 Å². The molecule has 74 valence electrons. The first kappa shape index (κ1) is 9.28. The predicted octanol–water partition coefficient (Wildman–Crippen LogP) is 2.37.